The van der Waals surface area contributed by atoms with E-state index in [1.807, 2.05) is 73.0 Å². The lowest BCUT2D eigenvalue weighted by atomic mass is 9.89. The van der Waals surface area contributed by atoms with Crippen LogP contribution in [0.25, 0.3) is 21.5 Å². The number of fused-ring (bicyclic) bond motifs is 1. The molecule has 8 N–H and O–H groups in total. The molecular weight excluding hydrogens is 1240 g/mol. The summed E-state index contributed by atoms with van der Waals surface area (Å²) in [5, 5.41) is 24.3. The van der Waals surface area contributed by atoms with Crippen LogP contribution in [0.5, 0.6) is 0 Å². The van der Waals surface area contributed by atoms with Gasteiger partial charge in [0.2, 0.25) is 53.2 Å². The van der Waals surface area contributed by atoms with Crippen LogP contribution in [0.2, 0.25) is 0 Å². The minimum Gasteiger partial charge on any atom is -0.379 e. The number of carbonyl (C=O) groups is 10. The molecule has 10 amide bonds. The van der Waals surface area contributed by atoms with Crippen LogP contribution < -0.4 is 42.5 Å². The Morgan fingerprint density at radius 2 is 1.28 bits per heavy atom. The van der Waals surface area contributed by atoms with Crippen LogP contribution in [0.15, 0.2) is 47.6 Å². The number of hydrogen-bond donors (Lipinski definition) is 8. The van der Waals surface area contributed by atoms with E-state index in [9.17, 15) is 53.5 Å². The highest BCUT2D eigenvalue weighted by molar-refractivity contribution is 7.98. The number of nitrogens with one attached hydrogen (secondary N) is 8. The van der Waals surface area contributed by atoms with E-state index in [0.717, 1.165) is 17.0 Å². The quantitative estimate of drug-likeness (QED) is 0.0232. The number of nitrogens with zero attached hydrogens (tertiary/aromatic N) is 8. The van der Waals surface area contributed by atoms with E-state index in [4.69, 9.17) is 19.4 Å². The van der Waals surface area contributed by atoms with Crippen molar-refractivity contribution in [1.29, 1.82) is 0 Å². The van der Waals surface area contributed by atoms with E-state index in [1.54, 1.807) is 89.8 Å². The zero-order valence-electron chi connectivity index (χ0n) is 56.1. The molecule has 3 aromatic rings. The molecule has 1 saturated heterocycles. The minimum absolute atomic E-state index is 0.00329. The van der Waals surface area contributed by atoms with Gasteiger partial charge in [0.05, 0.1) is 97.8 Å². The molecule has 1 aromatic heterocycles. The van der Waals surface area contributed by atoms with E-state index in [1.165, 1.54) is 14.2 Å². The average molecular weight is 1330 g/mol. The SMILES string of the molecule is CC[C@H](C)[C@@H]([C@@H](CC(=O)N1CCC[C@H]1[C@H](OC)[C@@H](C)C(=O)N[C@H](CN=[N+]=[N-])Cc1ccc(NC(=O)CNC(=O)CNC(=O)CNC(=O)CNC(=O)CNC(=O)c2ccc3nc(CSC)c(CSC)nc3c2)cc1)OC)N(C)C(=O)[C@@H](NC(=O)[C@H](C(C)C)N(C)C)C(C)C. The van der Waals surface area contributed by atoms with Gasteiger partial charge >= 0.3 is 0 Å². The summed E-state index contributed by atoms with van der Waals surface area (Å²) in [4.78, 5) is 149. The third-order valence-electron chi connectivity index (χ3n) is 16.2. The minimum atomic E-state index is -0.825. The number of azide groups is 1. The molecule has 9 atom stereocenters. The van der Waals surface area contributed by atoms with Gasteiger partial charge in [0, 0.05) is 68.1 Å². The molecule has 0 bridgehead atoms. The summed E-state index contributed by atoms with van der Waals surface area (Å²) in [6.45, 7) is 11.3. The van der Waals surface area contributed by atoms with Crippen molar-refractivity contribution >= 4 is 99.3 Å². The van der Waals surface area contributed by atoms with Crippen molar-refractivity contribution < 1.29 is 57.4 Å². The predicted octanol–water partition coefficient (Wildman–Crippen LogP) is 3.17. The Kier molecular flexibility index (Phi) is 32.8. The second kappa shape index (κ2) is 39.2. The second-order valence-corrected chi connectivity index (χ2v) is 25.7. The monoisotopic (exact) mass is 1330 g/mol. The predicted molar refractivity (Wildman–Crippen MR) is 358 cm³/mol. The summed E-state index contributed by atoms with van der Waals surface area (Å²) in [6, 6.07) is 8.61. The van der Waals surface area contributed by atoms with Crippen LogP contribution >= 0.6 is 23.5 Å². The Bertz CT molecular complexity index is 3090. The van der Waals surface area contributed by atoms with Gasteiger partial charge in [0.25, 0.3) is 5.91 Å². The van der Waals surface area contributed by atoms with Gasteiger partial charge in [-0.25, -0.2) is 9.97 Å². The number of likely N-dealkylation sites (N-methyl/N-ethyl adjacent to an activating group) is 2. The highest BCUT2D eigenvalue weighted by Gasteiger charge is 2.43. The molecule has 28 nitrogen and oxygen atoms in total. The molecular formula is C63H96N16O12S2. The van der Waals surface area contributed by atoms with Gasteiger partial charge in [-0.1, -0.05) is 72.1 Å². The number of amides is 10. The number of aromatic nitrogens is 2. The van der Waals surface area contributed by atoms with Crippen molar-refractivity contribution in [1.82, 2.24) is 61.9 Å². The molecule has 30 heteroatoms. The van der Waals surface area contributed by atoms with Gasteiger partial charge in [-0.3, -0.25) is 52.8 Å². The molecule has 93 heavy (non-hydrogen) atoms. The number of rotatable bonds is 38. The number of ether oxygens (including phenoxy) is 2. The summed E-state index contributed by atoms with van der Waals surface area (Å²) >= 11 is 3.25. The van der Waals surface area contributed by atoms with Crippen molar-refractivity contribution in [2.24, 2.45) is 28.8 Å². The normalized spacial score (nSPS) is 15.5. The molecule has 0 radical (unpaired) electrons. The second-order valence-electron chi connectivity index (χ2n) is 24.0. The lowest BCUT2D eigenvalue weighted by Gasteiger charge is -2.41. The van der Waals surface area contributed by atoms with E-state index < -0.39 is 122 Å². The Labute approximate surface area is 553 Å². The van der Waals surface area contributed by atoms with Crippen molar-refractivity contribution in [3.63, 3.8) is 0 Å². The van der Waals surface area contributed by atoms with Gasteiger partial charge in [-0.2, -0.15) is 23.5 Å². The summed E-state index contributed by atoms with van der Waals surface area (Å²) in [6.07, 6.45) is 4.59. The molecule has 1 aliphatic rings. The van der Waals surface area contributed by atoms with E-state index in [-0.39, 0.29) is 60.4 Å². The molecule has 0 unspecified atom stereocenters. The molecule has 2 aromatic carbocycles. The molecule has 512 valence electrons. The van der Waals surface area contributed by atoms with Crippen LogP contribution in [0.1, 0.15) is 101 Å². The molecule has 2 heterocycles. The smallest absolute Gasteiger partial charge is 0.251 e. The van der Waals surface area contributed by atoms with Gasteiger partial charge < -0.3 is 61.8 Å². The van der Waals surface area contributed by atoms with Gasteiger partial charge in [0.15, 0.2) is 0 Å². The number of hydrogen-bond acceptors (Lipinski definition) is 18. The number of benzene rings is 2. The van der Waals surface area contributed by atoms with E-state index in [2.05, 4.69) is 52.6 Å². The Morgan fingerprint density at radius 3 is 1.78 bits per heavy atom. The van der Waals surface area contributed by atoms with Crippen LogP contribution in [-0.2, 0) is 70.6 Å². The molecule has 1 fully saturated rings. The van der Waals surface area contributed by atoms with Crippen LogP contribution in [0.3, 0.4) is 0 Å². The van der Waals surface area contributed by atoms with E-state index >= 15 is 0 Å². The first-order valence-electron chi connectivity index (χ1n) is 31.1. The molecule has 4 rings (SSSR count). The lowest BCUT2D eigenvalue weighted by Crippen LogP contribution is -2.59. The lowest BCUT2D eigenvalue weighted by molar-refractivity contribution is -0.148. The van der Waals surface area contributed by atoms with Crippen molar-refractivity contribution in [2.45, 2.75) is 134 Å². The Hall–Kier alpha value is -7.63. The molecule has 1 aliphatic heterocycles. The first kappa shape index (κ1) is 77.8. The number of anilines is 1. The third kappa shape index (κ3) is 24.0. The van der Waals surface area contributed by atoms with Gasteiger partial charge in [-0.15, -0.1) is 0 Å². The fourth-order valence-electron chi connectivity index (χ4n) is 11.3. The zero-order chi connectivity index (χ0) is 69.1. The van der Waals surface area contributed by atoms with Gasteiger partial charge in [-0.05, 0) is 105 Å². The molecule has 0 saturated carbocycles. The number of thioether (sulfide) groups is 2. The maximum Gasteiger partial charge on any atom is 0.251 e. The standard InChI is InChI=1S/C63H96N16O12S2/c1-15-38(6)58(78(10)63(89)56(36(2)3)75-62(88)57(37(4)5)77(8)9)49(90-11)27-55(85)79-24-16-17-48(79)59(91-12)39(7)60(86)72-43(28-70-76-64)25-40-18-21-42(22-19-40)71-54(84)33-68-52(82)31-66-50(80)29-65-51(81)30-67-53(83)32-69-61(87)41-20-23-44-45(26-41)74-47(35-93-14)46(73-44)34-92-13/h18-23,26,36-39,43,48-49,56-59H,15-17,24-25,27-35H2,1-14H3,(H,65,81)(H,66,80)(H,67,83)(H,68,82)(H,69,87)(H,71,84)(H,72,86)(H,75,88)/t38-,39+,43-,48-,49+,56-,57-,58-,59+/m0/s1. The largest absolute Gasteiger partial charge is 0.379 e. The topological polar surface area (TPSA) is 370 Å². The first-order chi connectivity index (χ1) is 44.2. The van der Waals surface area contributed by atoms with Crippen molar-refractivity contribution in [2.75, 3.05) is 99.0 Å². The Morgan fingerprint density at radius 1 is 0.720 bits per heavy atom. The summed E-state index contributed by atoms with van der Waals surface area (Å²) < 4.78 is 12.1. The van der Waals surface area contributed by atoms with Crippen LogP contribution in [0, 0.1) is 23.7 Å². The van der Waals surface area contributed by atoms with Crippen LogP contribution in [0.4, 0.5) is 5.69 Å². The van der Waals surface area contributed by atoms with Crippen LogP contribution in [-0.4, -0.2) is 220 Å². The zero-order valence-corrected chi connectivity index (χ0v) is 57.7. The maximum absolute atomic E-state index is 14.5. The summed E-state index contributed by atoms with van der Waals surface area (Å²) in [7, 11) is 8.37. The highest BCUT2D eigenvalue weighted by Crippen LogP contribution is 2.30. The number of carbonyl (C=O) groups excluding carboxylic acids is 10. The fourth-order valence-corrected chi connectivity index (χ4v) is 12.3. The molecule has 0 spiro atoms. The highest BCUT2D eigenvalue weighted by atomic mass is 32.2. The molecule has 0 aliphatic carbocycles. The van der Waals surface area contributed by atoms with Crippen molar-refractivity contribution in [3.05, 3.63) is 75.4 Å². The van der Waals surface area contributed by atoms with Crippen molar-refractivity contribution in [3.8, 4) is 0 Å². The summed E-state index contributed by atoms with van der Waals surface area (Å²) in [5.41, 5.74) is 13.6. The van der Waals surface area contributed by atoms with Gasteiger partial charge in [0.1, 0.15) is 6.04 Å². The summed E-state index contributed by atoms with van der Waals surface area (Å²) in [5.74, 6) is -4.76. The first-order valence-corrected chi connectivity index (χ1v) is 33.9. The Balaban J connectivity index is 1.22. The maximum atomic E-state index is 14.5. The van der Waals surface area contributed by atoms with E-state index in [0.29, 0.717) is 54.0 Å². The number of likely N-dealkylation sites (tertiary alicyclic amines) is 1. The fraction of sp³-hybridized carbons (Fsp3) is 0.619. The average Bonchev–Trinajstić information content (AvgIpc) is 1.65. The number of methoxy groups -OCH3 is 2. The third-order valence-corrected chi connectivity index (χ3v) is 17.3.